The lowest BCUT2D eigenvalue weighted by Gasteiger charge is -2.41. The van der Waals surface area contributed by atoms with Crippen LogP contribution in [0.5, 0.6) is 0 Å². The second-order valence-electron chi connectivity index (χ2n) is 10.5. The molecule has 182 valence electrons. The maximum absolute atomic E-state index is 13.0. The monoisotopic (exact) mass is 449 g/mol. The molecule has 2 saturated heterocycles. The Kier molecular flexibility index (Phi) is 8.43. The van der Waals surface area contributed by atoms with Gasteiger partial charge in [-0.15, -0.1) is 0 Å². The van der Waals surface area contributed by atoms with E-state index in [4.69, 9.17) is 10.5 Å². The highest BCUT2D eigenvalue weighted by Crippen LogP contribution is 2.32. The molecule has 0 radical (unpaired) electrons. The van der Waals surface area contributed by atoms with E-state index in [1.807, 2.05) is 12.0 Å². The number of ether oxygens (including phenoxy) is 1. The van der Waals surface area contributed by atoms with Gasteiger partial charge < -0.3 is 15.4 Å². The third kappa shape index (κ3) is 6.01. The number of methoxy groups -OCH3 is 1. The molecule has 2 heterocycles. The number of amides is 2. The first kappa shape index (κ1) is 23.9. The van der Waals surface area contributed by atoms with Gasteiger partial charge in [-0.1, -0.05) is 0 Å². The van der Waals surface area contributed by atoms with Gasteiger partial charge in [0.1, 0.15) is 6.29 Å². The highest BCUT2D eigenvalue weighted by Gasteiger charge is 2.35. The van der Waals surface area contributed by atoms with Crippen LogP contribution in [0.3, 0.4) is 0 Å². The van der Waals surface area contributed by atoms with Crippen LogP contribution in [0.25, 0.3) is 0 Å². The smallest absolute Gasteiger partial charge is 0.225 e. The van der Waals surface area contributed by atoms with Gasteiger partial charge in [-0.25, -0.2) is 0 Å². The number of primary amides is 1. The Morgan fingerprint density at radius 3 is 2.22 bits per heavy atom. The van der Waals surface area contributed by atoms with Crippen molar-refractivity contribution in [3.05, 3.63) is 0 Å². The Balaban J connectivity index is 1.14. The normalized spacial score (nSPS) is 38.9. The minimum absolute atomic E-state index is 0.0959. The Hall–Kier alpha value is -1.22. The predicted octanol–water partition coefficient (Wildman–Crippen LogP) is 1.16. The first-order valence-corrected chi connectivity index (χ1v) is 12.9. The average Bonchev–Trinajstić information content (AvgIpc) is 2.85. The van der Waals surface area contributed by atoms with Gasteiger partial charge in [0.15, 0.2) is 0 Å². The van der Waals surface area contributed by atoms with Crippen molar-refractivity contribution in [3.63, 3.8) is 0 Å². The fourth-order valence-electron chi connectivity index (χ4n) is 6.34. The molecule has 2 aliphatic carbocycles. The fourth-order valence-corrected chi connectivity index (χ4v) is 6.34. The Bertz CT molecular complexity index is 623. The van der Waals surface area contributed by atoms with Crippen LogP contribution in [0.2, 0.25) is 0 Å². The van der Waals surface area contributed by atoms with Crippen LogP contribution in [0.15, 0.2) is 0 Å². The van der Waals surface area contributed by atoms with Crippen molar-refractivity contribution in [2.24, 2.45) is 29.4 Å². The van der Waals surface area contributed by atoms with Crippen molar-refractivity contribution >= 4 is 11.8 Å². The zero-order valence-corrected chi connectivity index (χ0v) is 19.7. The molecular weight excluding hydrogens is 406 g/mol. The van der Waals surface area contributed by atoms with E-state index in [0.29, 0.717) is 24.6 Å². The maximum Gasteiger partial charge on any atom is 0.225 e. The molecule has 5 N–H and O–H groups in total. The molecule has 0 bridgehead atoms. The predicted molar refractivity (Wildman–Crippen MR) is 123 cm³/mol. The van der Waals surface area contributed by atoms with Gasteiger partial charge in [0, 0.05) is 45.2 Å². The number of carbonyl (C=O) groups is 2. The van der Waals surface area contributed by atoms with Crippen molar-refractivity contribution in [2.75, 3.05) is 33.3 Å². The summed E-state index contributed by atoms with van der Waals surface area (Å²) in [5.74, 6) is 1.38. The summed E-state index contributed by atoms with van der Waals surface area (Å²) in [6, 6.07) is 0.442. The van der Waals surface area contributed by atoms with Gasteiger partial charge in [-0.3, -0.25) is 25.5 Å². The van der Waals surface area contributed by atoms with Crippen LogP contribution in [-0.2, 0) is 14.3 Å². The lowest BCUT2D eigenvalue weighted by Crippen LogP contribution is -2.63. The third-order valence-corrected chi connectivity index (χ3v) is 8.50. The van der Waals surface area contributed by atoms with Crippen molar-refractivity contribution in [3.8, 4) is 0 Å². The Labute approximate surface area is 192 Å². The van der Waals surface area contributed by atoms with E-state index in [9.17, 15) is 9.59 Å². The SMILES string of the molecule is COC1CCC(C2CNC(NC3CCC(C(=O)N4CCCC(C(N)=O)C4)CC3)NC2)CC1. The summed E-state index contributed by atoms with van der Waals surface area (Å²) in [4.78, 5) is 26.4. The zero-order chi connectivity index (χ0) is 22.5. The van der Waals surface area contributed by atoms with E-state index < -0.39 is 0 Å². The van der Waals surface area contributed by atoms with Crippen molar-refractivity contribution in [2.45, 2.75) is 82.6 Å². The number of carbonyl (C=O) groups excluding carboxylic acids is 2. The molecule has 2 saturated carbocycles. The molecule has 2 amide bonds. The maximum atomic E-state index is 13.0. The van der Waals surface area contributed by atoms with Gasteiger partial charge in [0.05, 0.1) is 12.0 Å². The number of piperidine rings is 1. The largest absolute Gasteiger partial charge is 0.381 e. The molecular formula is C24H43N5O3. The number of nitrogens with zero attached hydrogens (tertiary/aromatic N) is 1. The van der Waals surface area contributed by atoms with Crippen molar-refractivity contribution in [1.29, 1.82) is 0 Å². The molecule has 1 unspecified atom stereocenters. The average molecular weight is 450 g/mol. The molecule has 8 nitrogen and oxygen atoms in total. The summed E-state index contributed by atoms with van der Waals surface area (Å²) >= 11 is 0. The summed E-state index contributed by atoms with van der Waals surface area (Å²) in [6.07, 6.45) is 11.2. The number of rotatable bonds is 6. The van der Waals surface area contributed by atoms with E-state index in [1.165, 1.54) is 25.7 Å². The molecule has 0 aromatic heterocycles. The molecule has 32 heavy (non-hydrogen) atoms. The van der Waals surface area contributed by atoms with Crippen LogP contribution in [0.1, 0.15) is 64.2 Å². The van der Waals surface area contributed by atoms with Gasteiger partial charge in [0.2, 0.25) is 11.8 Å². The highest BCUT2D eigenvalue weighted by atomic mass is 16.5. The van der Waals surface area contributed by atoms with Gasteiger partial charge in [0.25, 0.3) is 0 Å². The topological polar surface area (TPSA) is 109 Å². The standard InChI is InChI=1S/C24H43N5O3/c1-32-21-10-6-16(7-11-21)19-13-26-24(27-14-19)28-20-8-4-17(5-9-20)23(31)29-12-2-3-18(15-29)22(25)30/h16-21,24,26-28H,2-15H2,1H3,(H2,25,30). The molecule has 4 rings (SSSR count). The lowest BCUT2D eigenvalue weighted by molar-refractivity contribution is -0.139. The fraction of sp³-hybridized carbons (Fsp3) is 0.917. The van der Waals surface area contributed by atoms with E-state index in [-0.39, 0.29) is 29.9 Å². The first-order chi connectivity index (χ1) is 15.5. The molecule has 2 aliphatic heterocycles. The van der Waals surface area contributed by atoms with Crippen LogP contribution in [0, 0.1) is 23.7 Å². The summed E-state index contributed by atoms with van der Waals surface area (Å²) in [7, 11) is 1.83. The van der Waals surface area contributed by atoms with Crippen LogP contribution >= 0.6 is 0 Å². The van der Waals surface area contributed by atoms with Gasteiger partial charge in [-0.05, 0) is 76.0 Å². The summed E-state index contributed by atoms with van der Waals surface area (Å²) in [5, 5.41) is 11.1. The van der Waals surface area contributed by atoms with Gasteiger partial charge in [-0.2, -0.15) is 0 Å². The van der Waals surface area contributed by atoms with Crippen LogP contribution in [0.4, 0.5) is 0 Å². The number of likely N-dealkylation sites (tertiary alicyclic amines) is 1. The summed E-state index contributed by atoms with van der Waals surface area (Å²) < 4.78 is 5.52. The molecule has 0 aromatic carbocycles. The third-order valence-electron chi connectivity index (χ3n) is 8.50. The number of nitrogens with one attached hydrogen (secondary N) is 3. The molecule has 0 spiro atoms. The quantitative estimate of drug-likeness (QED) is 0.485. The number of nitrogens with two attached hydrogens (primary N) is 1. The van der Waals surface area contributed by atoms with Crippen LogP contribution < -0.4 is 21.7 Å². The summed E-state index contributed by atoms with van der Waals surface area (Å²) in [5.41, 5.74) is 5.48. The molecule has 1 atom stereocenters. The molecule has 8 heteroatoms. The van der Waals surface area contributed by atoms with E-state index >= 15 is 0 Å². The van der Waals surface area contributed by atoms with Crippen molar-refractivity contribution in [1.82, 2.24) is 20.9 Å². The highest BCUT2D eigenvalue weighted by molar-refractivity contribution is 5.81. The molecule has 4 fully saturated rings. The molecule has 4 aliphatic rings. The summed E-state index contributed by atoms with van der Waals surface area (Å²) in [6.45, 7) is 3.41. The van der Waals surface area contributed by atoms with Crippen molar-refractivity contribution < 1.29 is 14.3 Å². The lowest BCUT2D eigenvalue weighted by atomic mass is 9.78. The zero-order valence-electron chi connectivity index (χ0n) is 19.7. The van der Waals surface area contributed by atoms with Gasteiger partial charge >= 0.3 is 0 Å². The second-order valence-corrected chi connectivity index (χ2v) is 10.5. The minimum atomic E-state index is -0.271. The Morgan fingerprint density at radius 1 is 0.906 bits per heavy atom. The minimum Gasteiger partial charge on any atom is -0.381 e. The second kappa shape index (κ2) is 11.3. The van der Waals surface area contributed by atoms with E-state index in [0.717, 1.165) is 64.1 Å². The number of hydrogen-bond donors (Lipinski definition) is 4. The number of hydrogen-bond acceptors (Lipinski definition) is 6. The van der Waals surface area contributed by atoms with E-state index in [2.05, 4.69) is 16.0 Å². The molecule has 0 aromatic rings. The first-order valence-electron chi connectivity index (χ1n) is 12.9. The Morgan fingerprint density at radius 2 is 1.59 bits per heavy atom. The van der Waals surface area contributed by atoms with E-state index in [1.54, 1.807) is 0 Å². The van der Waals surface area contributed by atoms with Crippen LogP contribution in [-0.4, -0.2) is 68.4 Å².